The van der Waals surface area contributed by atoms with Crippen molar-refractivity contribution in [2.45, 2.75) is 11.3 Å². The lowest BCUT2D eigenvalue weighted by Crippen LogP contribution is -2.16. The van der Waals surface area contributed by atoms with Crippen LogP contribution in [-0.4, -0.2) is 47.0 Å². The van der Waals surface area contributed by atoms with E-state index in [-0.39, 0.29) is 11.3 Å². The molecular weight excluding hydrogens is 366 g/mol. The van der Waals surface area contributed by atoms with Crippen molar-refractivity contribution in [1.82, 2.24) is 10.2 Å². The van der Waals surface area contributed by atoms with Gasteiger partial charge in [-0.2, -0.15) is 0 Å². The zero-order chi connectivity index (χ0) is 18.2. The Hall–Kier alpha value is -2.24. The van der Waals surface area contributed by atoms with Crippen LogP contribution in [0.3, 0.4) is 0 Å². The van der Waals surface area contributed by atoms with Crippen molar-refractivity contribution in [3.63, 3.8) is 0 Å². The molecule has 0 aliphatic rings. The first kappa shape index (κ1) is 19.1. The number of ether oxygens (including phenoxy) is 1. The number of nitro groups is 1. The van der Waals surface area contributed by atoms with Crippen molar-refractivity contribution < 1.29 is 14.5 Å². The number of thioether (sulfide) groups is 1. The second-order valence-corrected chi connectivity index (χ2v) is 7.16. The van der Waals surface area contributed by atoms with Crippen LogP contribution in [0.2, 0.25) is 0 Å². The number of carbonyl (C=O) groups excluding carboxylic acids is 1. The highest BCUT2D eigenvalue weighted by Crippen LogP contribution is 2.27. The van der Waals surface area contributed by atoms with Crippen LogP contribution in [-0.2, 0) is 4.74 Å². The number of aromatic nitrogens is 2. The maximum absolute atomic E-state index is 12.5. The highest BCUT2D eigenvalue weighted by Gasteiger charge is 2.18. The second kappa shape index (κ2) is 9.30. The Labute approximate surface area is 152 Å². The lowest BCUT2D eigenvalue weighted by atomic mass is 10.1. The van der Waals surface area contributed by atoms with E-state index in [1.165, 1.54) is 41.3 Å². The van der Waals surface area contributed by atoms with Crippen LogP contribution in [0.15, 0.2) is 22.5 Å². The molecule has 0 atom stereocenters. The number of benzene rings is 1. The van der Waals surface area contributed by atoms with Gasteiger partial charge in [0.05, 0.1) is 17.1 Å². The lowest BCUT2D eigenvalue weighted by Gasteiger charge is -2.11. The van der Waals surface area contributed by atoms with Gasteiger partial charge in [-0.05, 0) is 11.8 Å². The molecule has 0 aliphatic carbocycles. The van der Waals surface area contributed by atoms with Crippen molar-refractivity contribution >= 4 is 45.5 Å². The number of carbonyl (C=O) groups is 1. The summed E-state index contributed by atoms with van der Waals surface area (Å²) in [5, 5.41) is 24.9. The third-order valence-electron chi connectivity index (χ3n) is 2.97. The van der Waals surface area contributed by atoms with Gasteiger partial charge in [0, 0.05) is 31.5 Å². The normalized spacial score (nSPS) is 10.5. The number of rotatable bonds is 9. The number of methoxy groups -OCH3 is 1. The Kier molecular flexibility index (Phi) is 7.10. The van der Waals surface area contributed by atoms with E-state index in [0.29, 0.717) is 24.0 Å². The molecular formula is C14H17N5O4S2. The van der Waals surface area contributed by atoms with E-state index in [2.05, 4.69) is 20.8 Å². The Morgan fingerprint density at radius 3 is 2.92 bits per heavy atom. The van der Waals surface area contributed by atoms with Crippen molar-refractivity contribution in [2.75, 3.05) is 36.6 Å². The smallest absolute Gasteiger partial charge is 0.270 e. The molecule has 134 valence electrons. The lowest BCUT2D eigenvalue weighted by molar-refractivity contribution is -0.384. The molecule has 11 heteroatoms. The topological polar surface area (TPSA) is 119 Å². The van der Waals surface area contributed by atoms with Gasteiger partial charge in [-0.25, -0.2) is 0 Å². The molecule has 9 nitrogen and oxygen atoms in total. The summed E-state index contributed by atoms with van der Waals surface area (Å²) >= 11 is 2.77. The fourth-order valence-electron chi connectivity index (χ4n) is 1.88. The summed E-state index contributed by atoms with van der Waals surface area (Å²) in [6.07, 6.45) is 0. The van der Waals surface area contributed by atoms with E-state index < -0.39 is 10.8 Å². The number of nitrogens with one attached hydrogen (secondary N) is 2. The molecule has 0 saturated carbocycles. The zero-order valence-electron chi connectivity index (χ0n) is 13.6. The average Bonchev–Trinajstić information content (AvgIpc) is 3.02. The van der Waals surface area contributed by atoms with Gasteiger partial charge in [0.25, 0.3) is 11.6 Å². The molecule has 1 heterocycles. The minimum Gasteiger partial charge on any atom is -0.383 e. The molecule has 0 spiro atoms. The Morgan fingerprint density at radius 2 is 2.24 bits per heavy atom. The van der Waals surface area contributed by atoms with Crippen LogP contribution < -0.4 is 10.6 Å². The predicted octanol–water partition coefficient (Wildman–Crippen LogP) is 2.87. The van der Waals surface area contributed by atoms with E-state index in [1.807, 2.05) is 6.92 Å². The number of hydrogen-bond acceptors (Lipinski definition) is 9. The van der Waals surface area contributed by atoms with Gasteiger partial charge in [0.2, 0.25) is 5.13 Å². The number of non-ortho nitro benzene ring substituents is 1. The Balaban J connectivity index is 2.21. The first-order chi connectivity index (χ1) is 12.0. The zero-order valence-corrected chi connectivity index (χ0v) is 15.3. The highest BCUT2D eigenvalue weighted by molar-refractivity contribution is 8.01. The summed E-state index contributed by atoms with van der Waals surface area (Å²) in [5.41, 5.74) is 0.472. The Morgan fingerprint density at radius 1 is 1.44 bits per heavy atom. The summed E-state index contributed by atoms with van der Waals surface area (Å²) in [5.74, 6) is 0.355. The third kappa shape index (κ3) is 5.37. The molecule has 0 unspecified atom stereocenters. The third-order valence-corrected chi connectivity index (χ3v) is 4.83. The summed E-state index contributed by atoms with van der Waals surface area (Å²) in [4.78, 5) is 23.0. The van der Waals surface area contributed by atoms with Gasteiger partial charge < -0.3 is 10.1 Å². The molecule has 0 bridgehead atoms. The molecule has 2 N–H and O–H groups in total. The first-order valence-corrected chi connectivity index (χ1v) is 9.14. The molecule has 2 rings (SSSR count). The molecule has 1 amide bonds. The number of hydrogen-bond donors (Lipinski definition) is 2. The summed E-state index contributed by atoms with van der Waals surface area (Å²) in [6.45, 7) is 2.89. The number of nitrogens with zero attached hydrogens (tertiary/aromatic N) is 3. The van der Waals surface area contributed by atoms with Gasteiger partial charge >= 0.3 is 0 Å². The monoisotopic (exact) mass is 383 g/mol. The average molecular weight is 383 g/mol. The van der Waals surface area contributed by atoms with Crippen LogP contribution in [0.25, 0.3) is 0 Å². The van der Waals surface area contributed by atoms with Crippen LogP contribution in [0.5, 0.6) is 0 Å². The van der Waals surface area contributed by atoms with Crippen LogP contribution >= 0.6 is 23.1 Å². The first-order valence-electron chi connectivity index (χ1n) is 7.34. The quantitative estimate of drug-likeness (QED) is 0.223. The van der Waals surface area contributed by atoms with E-state index in [4.69, 9.17) is 4.74 Å². The minimum atomic E-state index is -0.545. The van der Waals surface area contributed by atoms with Crippen molar-refractivity contribution in [1.29, 1.82) is 0 Å². The van der Waals surface area contributed by atoms with Crippen LogP contribution in [0.1, 0.15) is 17.3 Å². The maximum atomic E-state index is 12.5. The minimum absolute atomic E-state index is 0.158. The molecule has 0 aliphatic heterocycles. The predicted molar refractivity (Wildman–Crippen MR) is 97.7 cm³/mol. The van der Waals surface area contributed by atoms with Gasteiger partial charge in [0.1, 0.15) is 0 Å². The van der Waals surface area contributed by atoms with E-state index in [0.717, 1.165) is 10.1 Å². The van der Waals surface area contributed by atoms with E-state index >= 15 is 0 Å². The number of nitro benzene ring substituents is 1. The molecule has 2 aromatic rings. The fraction of sp³-hybridized carbons (Fsp3) is 0.357. The summed E-state index contributed by atoms with van der Waals surface area (Å²) in [6, 6.07) is 4.07. The largest absolute Gasteiger partial charge is 0.383 e. The van der Waals surface area contributed by atoms with Crippen molar-refractivity contribution in [3.05, 3.63) is 33.9 Å². The molecule has 1 aromatic carbocycles. The number of anilines is 2. The SMILES string of the molecule is CCSc1nnc(NC(=O)c2cc([N+](=O)[O-])ccc2NCCOC)s1. The molecule has 0 fully saturated rings. The summed E-state index contributed by atoms with van der Waals surface area (Å²) < 4.78 is 5.70. The van der Waals surface area contributed by atoms with Crippen LogP contribution in [0.4, 0.5) is 16.5 Å². The fourth-order valence-corrected chi connectivity index (χ4v) is 3.53. The highest BCUT2D eigenvalue weighted by atomic mass is 32.2. The van der Waals surface area contributed by atoms with Gasteiger partial charge in [-0.1, -0.05) is 30.0 Å². The van der Waals surface area contributed by atoms with Gasteiger partial charge in [0.15, 0.2) is 4.34 Å². The standard InChI is InChI=1S/C14H17N5O4S2/c1-3-24-14-18-17-13(25-14)16-12(20)10-8-9(19(21)22)4-5-11(10)15-6-7-23-2/h4-5,8,15H,3,6-7H2,1-2H3,(H,16,17,20). The molecule has 0 saturated heterocycles. The molecule has 1 aromatic heterocycles. The maximum Gasteiger partial charge on any atom is 0.270 e. The summed E-state index contributed by atoms with van der Waals surface area (Å²) in [7, 11) is 1.56. The Bertz CT molecular complexity index is 753. The second-order valence-electron chi connectivity index (χ2n) is 4.67. The van der Waals surface area contributed by atoms with Gasteiger partial charge in [-0.15, -0.1) is 10.2 Å². The van der Waals surface area contributed by atoms with Crippen molar-refractivity contribution in [3.8, 4) is 0 Å². The van der Waals surface area contributed by atoms with E-state index in [1.54, 1.807) is 7.11 Å². The van der Waals surface area contributed by atoms with Crippen LogP contribution in [0, 0.1) is 10.1 Å². The van der Waals surface area contributed by atoms with E-state index in [9.17, 15) is 14.9 Å². The van der Waals surface area contributed by atoms with Gasteiger partial charge in [-0.3, -0.25) is 20.2 Å². The molecule has 25 heavy (non-hydrogen) atoms. The van der Waals surface area contributed by atoms with Crippen molar-refractivity contribution in [2.24, 2.45) is 0 Å². The molecule has 0 radical (unpaired) electrons. The number of amides is 1.